The Kier molecular flexibility index (Phi) is 7.41. The van der Waals surface area contributed by atoms with Crippen molar-refractivity contribution in [1.29, 1.82) is 0 Å². The van der Waals surface area contributed by atoms with Crippen molar-refractivity contribution in [2.45, 2.75) is 52.1 Å². The zero-order valence-electron chi connectivity index (χ0n) is 16.9. The number of hydrogen-bond acceptors (Lipinski definition) is 4. The van der Waals surface area contributed by atoms with E-state index in [2.05, 4.69) is 40.0 Å². The zero-order valence-corrected chi connectivity index (χ0v) is 16.9. The molecule has 2 fully saturated rings. The molecule has 0 saturated carbocycles. The molecule has 27 heavy (non-hydrogen) atoms. The van der Waals surface area contributed by atoms with Crippen LogP contribution in [0.5, 0.6) is 0 Å². The molecule has 0 unspecified atom stereocenters. The van der Waals surface area contributed by atoms with Crippen molar-refractivity contribution in [3.05, 3.63) is 41.7 Å². The average Bonchev–Trinajstić information content (AvgIpc) is 2.72. The van der Waals surface area contributed by atoms with E-state index in [-0.39, 0.29) is 11.8 Å². The molecule has 0 bridgehead atoms. The summed E-state index contributed by atoms with van der Waals surface area (Å²) in [6.45, 7) is 10.5. The lowest BCUT2D eigenvalue weighted by Crippen LogP contribution is -2.49. The van der Waals surface area contributed by atoms with Crippen LogP contribution in [0.25, 0.3) is 0 Å². The van der Waals surface area contributed by atoms with E-state index < -0.39 is 0 Å². The molecule has 3 rings (SSSR count). The number of carbonyl (C=O) groups is 1. The summed E-state index contributed by atoms with van der Waals surface area (Å²) in [4.78, 5) is 21.9. The summed E-state index contributed by atoms with van der Waals surface area (Å²) in [7, 11) is 0. The number of nitrogens with zero attached hydrogens (tertiary/aromatic N) is 3. The van der Waals surface area contributed by atoms with E-state index in [9.17, 15) is 4.79 Å². The van der Waals surface area contributed by atoms with Gasteiger partial charge in [-0.3, -0.25) is 14.7 Å². The van der Waals surface area contributed by atoms with Crippen molar-refractivity contribution >= 4 is 5.91 Å². The van der Waals surface area contributed by atoms with Gasteiger partial charge in [0.15, 0.2) is 0 Å². The van der Waals surface area contributed by atoms with Gasteiger partial charge in [-0.1, -0.05) is 17.7 Å². The van der Waals surface area contributed by atoms with Crippen molar-refractivity contribution in [3.8, 4) is 0 Å². The number of allylic oxidation sites excluding steroid dienone is 1. The lowest BCUT2D eigenvalue weighted by Gasteiger charge is -2.41. The Morgan fingerprint density at radius 3 is 2.52 bits per heavy atom. The maximum atomic E-state index is 12.5. The standard InChI is InChI=1S/C22H34N4O/c1-18(2)6-12-25-13-9-21(10-14-25)26-15-7-19(8-16-26)22(27)24-17-20-5-3-4-11-23-20/h3-6,11,19,21H,7-10,12-17H2,1-2H3,(H,24,27). The van der Waals surface area contributed by atoms with Crippen molar-refractivity contribution in [3.63, 3.8) is 0 Å². The predicted octanol–water partition coefficient (Wildman–Crippen LogP) is 2.84. The van der Waals surface area contributed by atoms with Crippen molar-refractivity contribution < 1.29 is 4.79 Å². The van der Waals surface area contributed by atoms with Gasteiger partial charge in [0.2, 0.25) is 5.91 Å². The molecule has 0 atom stereocenters. The Morgan fingerprint density at radius 1 is 1.15 bits per heavy atom. The molecule has 1 N–H and O–H groups in total. The van der Waals surface area contributed by atoms with Crippen LogP contribution in [0, 0.1) is 5.92 Å². The smallest absolute Gasteiger partial charge is 0.223 e. The van der Waals surface area contributed by atoms with Gasteiger partial charge in [-0.2, -0.15) is 0 Å². The number of piperidine rings is 2. The molecule has 0 aliphatic carbocycles. The fourth-order valence-electron chi connectivity index (χ4n) is 4.13. The normalized spacial score (nSPS) is 20.4. The molecule has 2 saturated heterocycles. The van der Waals surface area contributed by atoms with E-state index in [1.807, 2.05) is 18.2 Å². The number of likely N-dealkylation sites (tertiary alicyclic amines) is 2. The van der Waals surface area contributed by atoms with Crippen LogP contribution in [-0.4, -0.2) is 59.5 Å². The second-order valence-electron chi connectivity index (χ2n) is 8.16. The molecule has 1 aromatic heterocycles. The molecule has 1 aromatic rings. The summed E-state index contributed by atoms with van der Waals surface area (Å²) in [6, 6.07) is 6.50. The van der Waals surface area contributed by atoms with Crippen LogP contribution < -0.4 is 5.32 Å². The first kappa shape index (κ1) is 20.0. The van der Waals surface area contributed by atoms with Crippen LogP contribution >= 0.6 is 0 Å². The highest BCUT2D eigenvalue weighted by molar-refractivity contribution is 5.78. The third-order valence-corrected chi connectivity index (χ3v) is 5.90. The minimum absolute atomic E-state index is 0.155. The molecule has 0 spiro atoms. The summed E-state index contributed by atoms with van der Waals surface area (Å²) in [5.41, 5.74) is 2.32. The topological polar surface area (TPSA) is 48.5 Å². The van der Waals surface area contributed by atoms with Crippen LogP contribution in [0.15, 0.2) is 36.0 Å². The highest BCUT2D eigenvalue weighted by Crippen LogP contribution is 2.24. The van der Waals surface area contributed by atoms with Crippen molar-refractivity contribution in [1.82, 2.24) is 20.1 Å². The summed E-state index contributed by atoms with van der Waals surface area (Å²) < 4.78 is 0. The lowest BCUT2D eigenvalue weighted by atomic mass is 9.92. The number of nitrogens with one attached hydrogen (secondary N) is 1. The average molecular weight is 371 g/mol. The second-order valence-corrected chi connectivity index (χ2v) is 8.16. The Hall–Kier alpha value is -1.72. The minimum Gasteiger partial charge on any atom is -0.350 e. The van der Waals surface area contributed by atoms with Gasteiger partial charge in [0.05, 0.1) is 12.2 Å². The van der Waals surface area contributed by atoms with Crippen LogP contribution in [0.3, 0.4) is 0 Å². The molecule has 3 heterocycles. The molecule has 5 heteroatoms. The quantitative estimate of drug-likeness (QED) is 0.783. The summed E-state index contributed by atoms with van der Waals surface area (Å²) >= 11 is 0. The van der Waals surface area contributed by atoms with Crippen LogP contribution in [0.2, 0.25) is 0 Å². The van der Waals surface area contributed by atoms with Gasteiger partial charge in [-0.05, 0) is 77.8 Å². The Balaban J connectivity index is 1.36. The van der Waals surface area contributed by atoms with Crippen molar-refractivity contribution in [2.75, 3.05) is 32.7 Å². The largest absolute Gasteiger partial charge is 0.350 e. The molecular formula is C22H34N4O. The molecule has 2 aliphatic heterocycles. The molecule has 1 amide bonds. The Bertz CT molecular complexity index is 610. The molecule has 148 valence electrons. The molecular weight excluding hydrogens is 336 g/mol. The Morgan fingerprint density at radius 2 is 1.89 bits per heavy atom. The summed E-state index contributed by atoms with van der Waals surface area (Å²) in [5, 5.41) is 3.06. The summed E-state index contributed by atoms with van der Waals surface area (Å²) in [5.74, 6) is 0.347. The van der Waals surface area contributed by atoms with E-state index in [0.29, 0.717) is 12.6 Å². The number of aromatic nitrogens is 1. The minimum atomic E-state index is 0.155. The lowest BCUT2D eigenvalue weighted by molar-refractivity contribution is -0.126. The number of hydrogen-bond donors (Lipinski definition) is 1. The SMILES string of the molecule is CC(C)=CCN1CCC(N2CCC(C(=O)NCc3ccccn3)CC2)CC1. The molecule has 0 aromatic carbocycles. The van der Waals surface area contributed by atoms with Gasteiger partial charge >= 0.3 is 0 Å². The third-order valence-electron chi connectivity index (χ3n) is 5.90. The third kappa shape index (κ3) is 6.15. The van der Waals surface area contributed by atoms with Crippen LogP contribution in [0.1, 0.15) is 45.2 Å². The monoisotopic (exact) mass is 370 g/mol. The number of rotatable bonds is 6. The van der Waals surface area contributed by atoms with E-state index in [4.69, 9.17) is 0 Å². The first-order valence-corrected chi connectivity index (χ1v) is 10.4. The first-order chi connectivity index (χ1) is 13.1. The van der Waals surface area contributed by atoms with Gasteiger partial charge < -0.3 is 10.2 Å². The molecule has 5 nitrogen and oxygen atoms in total. The Labute approximate surface area is 163 Å². The van der Waals surface area contributed by atoms with Crippen LogP contribution in [-0.2, 0) is 11.3 Å². The second kappa shape index (κ2) is 10.00. The fourth-order valence-corrected chi connectivity index (χ4v) is 4.13. The van der Waals surface area contributed by atoms with Gasteiger partial charge in [0, 0.05) is 24.7 Å². The zero-order chi connectivity index (χ0) is 19.1. The van der Waals surface area contributed by atoms with E-state index in [1.165, 1.54) is 31.5 Å². The van der Waals surface area contributed by atoms with Crippen LogP contribution in [0.4, 0.5) is 0 Å². The van der Waals surface area contributed by atoms with E-state index in [0.717, 1.165) is 38.2 Å². The fraction of sp³-hybridized carbons (Fsp3) is 0.636. The van der Waals surface area contributed by atoms with Crippen molar-refractivity contribution in [2.24, 2.45) is 5.92 Å². The highest BCUT2D eigenvalue weighted by atomic mass is 16.1. The molecule has 2 aliphatic rings. The number of pyridine rings is 1. The molecule has 0 radical (unpaired) electrons. The van der Waals surface area contributed by atoms with Gasteiger partial charge in [-0.25, -0.2) is 0 Å². The number of carbonyl (C=O) groups excluding carboxylic acids is 1. The van der Waals surface area contributed by atoms with Gasteiger partial charge in [0.1, 0.15) is 0 Å². The van der Waals surface area contributed by atoms with E-state index in [1.54, 1.807) is 6.20 Å². The van der Waals surface area contributed by atoms with E-state index >= 15 is 0 Å². The maximum absolute atomic E-state index is 12.5. The highest BCUT2D eigenvalue weighted by Gasteiger charge is 2.30. The summed E-state index contributed by atoms with van der Waals surface area (Å²) in [6.07, 6.45) is 8.57. The maximum Gasteiger partial charge on any atom is 0.223 e. The predicted molar refractivity (Wildman–Crippen MR) is 109 cm³/mol. The number of amides is 1. The van der Waals surface area contributed by atoms with Gasteiger partial charge in [-0.15, -0.1) is 0 Å². The van der Waals surface area contributed by atoms with Gasteiger partial charge in [0.25, 0.3) is 0 Å². The first-order valence-electron chi connectivity index (χ1n) is 10.4.